The van der Waals surface area contributed by atoms with Gasteiger partial charge >= 0.3 is 10.2 Å². The molecule has 1 saturated heterocycles. The fraction of sp³-hybridized carbons (Fsp3) is 0.333. The number of halogens is 1. The second-order valence-electron chi connectivity index (χ2n) is 7.60. The van der Waals surface area contributed by atoms with Crippen molar-refractivity contribution in [3.05, 3.63) is 53.6 Å². The minimum atomic E-state index is -3.86. The van der Waals surface area contributed by atoms with Gasteiger partial charge in [-0.05, 0) is 50.1 Å². The minimum Gasteiger partial charge on any atom is -0.301 e. The zero-order valence-electron chi connectivity index (χ0n) is 17.4. The van der Waals surface area contributed by atoms with Crippen LogP contribution in [0.2, 0.25) is 0 Å². The van der Waals surface area contributed by atoms with Crippen LogP contribution in [0.15, 0.2) is 36.5 Å². The van der Waals surface area contributed by atoms with Crippen molar-refractivity contribution in [3.8, 4) is 5.82 Å². The fourth-order valence-electron chi connectivity index (χ4n) is 3.93. The van der Waals surface area contributed by atoms with E-state index in [4.69, 9.17) is 0 Å². The second-order valence-corrected chi connectivity index (χ2v) is 9.27. The molecule has 1 amide bonds. The molecule has 3 heterocycles. The number of carbonyl (C=O) groups excluding carboxylic acids is 1. The molecule has 0 atom stereocenters. The second kappa shape index (κ2) is 8.27. The molecular weight excluding hydrogens is 421 g/mol. The van der Waals surface area contributed by atoms with Crippen LogP contribution >= 0.6 is 0 Å². The SMILES string of the molecule is Cc1nn(C)c(-n2ccc3cc(F)ccc32)c1/C=C/C(=O)NS(=O)(=O)N1CCCCC1. The molecule has 0 saturated carbocycles. The molecule has 4 rings (SSSR count). The Morgan fingerprint density at radius 2 is 1.94 bits per heavy atom. The maximum atomic E-state index is 13.6. The summed E-state index contributed by atoms with van der Waals surface area (Å²) in [6.07, 6.45) is 7.12. The number of benzene rings is 1. The molecule has 1 aromatic carbocycles. The molecule has 0 spiro atoms. The summed E-state index contributed by atoms with van der Waals surface area (Å²) in [6, 6.07) is 6.31. The first kappa shape index (κ1) is 21.3. The summed E-state index contributed by atoms with van der Waals surface area (Å²) >= 11 is 0. The largest absolute Gasteiger partial charge is 0.304 e. The van der Waals surface area contributed by atoms with Crippen molar-refractivity contribution in [3.63, 3.8) is 0 Å². The first-order valence-corrected chi connectivity index (χ1v) is 11.5. The number of aromatic nitrogens is 3. The van der Waals surface area contributed by atoms with Crippen LogP contribution in [0.3, 0.4) is 0 Å². The van der Waals surface area contributed by atoms with Crippen LogP contribution in [-0.4, -0.2) is 46.1 Å². The Kier molecular flexibility index (Phi) is 5.67. The van der Waals surface area contributed by atoms with Crippen molar-refractivity contribution in [2.45, 2.75) is 26.2 Å². The van der Waals surface area contributed by atoms with Crippen molar-refractivity contribution in [2.24, 2.45) is 7.05 Å². The molecule has 0 bridgehead atoms. The number of piperidine rings is 1. The molecule has 164 valence electrons. The molecule has 0 aliphatic carbocycles. The highest BCUT2D eigenvalue weighted by atomic mass is 32.2. The van der Waals surface area contributed by atoms with Gasteiger partial charge in [-0.3, -0.25) is 9.48 Å². The lowest BCUT2D eigenvalue weighted by Crippen LogP contribution is -2.45. The van der Waals surface area contributed by atoms with Crippen LogP contribution in [0.4, 0.5) is 4.39 Å². The van der Waals surface area contributed by atoms with E-state index in [1.165, 1.54) is 22.5 Å². The number of nitrogens with one attached hydrogen (secondary N) is 1. The molecular formula is C21H24FN5O3S. The molecule has 1 fully saturated rings. The van der Waals surface area contributed by atoms with Crippen molar-refractivity contribution in [2.75, 3.05) is 13.1 Å². The molecule has 1 N–H and O–H groups in total. The van der Waals surface area contributed by atoms with Crippen LogP contribution in [0.5, 0.6) is 0 Å². The molecule has 0 unspecified atom stereocenters. The van der Waals surface area contributed by atoms with Crippen LogP contribution < -0.4 is 4.72 Å². The average Bonchev–Trinajstić information content (AvgIpc) is 3.25. The topological polar surface area (TPSA) is 89.2 Å². The third kappa shape index (κ3) is 4.26. The van der Waals surface area contributed by atoms with Gasteiger partial charge in [-0.2, -0.15) is 17.8 Å². The summed E-state index contributed by atoms with van der Waals surface area (Å²) in [6.45, 7) is 2.63. The zero-order valence-corrected chi connectivity index (χ0v) is 18.2. The van der Waals surface area contributed by atoms with E-state index in [1.807, 2.05) is 4.57 Å². The maximum absolute atomic E-state index is 13.6. The van der Waals surface area contributed by atoms with E-state index in [9.17, 15) is 17.6 Å². The molecule has 0 radical (unpaired) electrons. The molecule has 10 heteroatoms. The lowest BCUT2D eigenvalue weighted by atomic mass is 10.2. The fourth-order valence-corrected chi connectivity index (χ4v) is 5.12. The Balaban J connectivity index is 1.62. The standard InChI is InChI=1S/C21H24FN5O3S/c1-15-18(7-9-20(28)24-31(29,30)26-11-4-3-5-12-26)21(25(2)23-15)27-13-10-16-14-17(22)6-8-19(16)27/h6-10,13-14H,3-5,11-12H2,1-2H3,(H,24,28)/b9-7+. The van der Waals surface area contributed by atoms with Gasteiger partial charge in [0, 0.05) is 43.4 Å². The first-order chi connectivity index (χ1) is 14.8. The predicted octanol–water partition coefficient (Wildman–Crippen LogP) is 2.67. The molecule has 1 aliphatic rings. The van der Waals surface area contributed by atoms with Gasteiger partial charge in [-0.25, -0.2) is 9.11 Å². The number of carbonyl (C=O) groups is 1. The molecule has 31 heavy (non-hydrogen) atoms. The van der Waals surface area contributed by atoms with Gasteiger partial charge in [0.2, 0.25) is 0 Å². The van der Waals surface area contributed by atoms with E-state index in [1.54, 1.807) is 43.1 Å². The van der Waals surface area contributed by atoms with Crippen molar-refractivity contribution >= 4 is 33.1 Å². The summed E-state index contributed by atoms with van der Waals surface area (Å²) in [5.74, 6) is -0.362. The van der Waals surface area contributed by atoms with Gasteiger partial charge in [0.25, 0.3) is 5.91 Å². The minimum absolute atomic E-state index is 0.321. The van der Waals surface area contributed by atoms with Crippen LogP contribution in [0.25, 0.3) is 22.8 Å². The monoisotopic (exact) mass is 445 g/mol. The van der Waals surface area contributed by atoms with Crippen LogP contribution in [-0.2, 0) is 22.1 Å². The van der Waals surface area contributed by atoms with Gasteiger partial charge < -0.3 is 4.57 Å². The first-order valence-electron chi connectivity index (χ1n) is 10.1. The number of hydrogen-bond acceptors (Lipinski definition) is 4. The Bertz CT molecular complexity index is 1270. The van der Waals surface area contributed by atoms with E-state index < -0.39 is 16.1 Å². The van der Waals surface area contributed by atoms with Crippen molar-refractivity contribution in [1.82, 2.24) is 23.4 Å². The normalized spacial score (nSPS) is 15.7. The van der Waals surface area contributed by atoms with Gasteiger partial charge in [0.05, 0.1) is 11.2 Å². The predicted molar refractivity (Wildman–Crippen MR) is 116 cm³/mol. The molecule has 1 aliphatic heterocycles. The zero-order chi connectivity index (χ0) is 22.2. The number of fused-ring (bicyclic) bond motifs is 1. The highest BCUT2D eigenvalue weighted by Crippen LogP contribution is 2.26. The maximum Gasteiger partial charge on any atom is 0.304 e. The van der Waals surface area contributed by atoms with Crippen LogP contribution in [0, 0.1) is 12.7 Å². The smallest absolute Gasteiger partial charge is 0.301 e. The number of aryl methyl sites for hydroxylation is 2. The number of rotatable bonds is 5. The lowest BCUT2D eigenvalue weighted by molar-refractivity contribution is -0.114. The van der Waals surface area contributed by atoms with E-state index in [-0.39, 0.29) is 5.82 Å². The average molecular weight is 446 g/mol. The Hall–Kier alpha value is -2.98. The molecule has 3 aromatic rings. The summed E-state index contributed by atoms with van der Waals surface area (Å²) in [4.78, 5) is 12.4. The van der Waals surface area contributed by atoms with E-state index in [0.29, 0.717) is 30.2 Å². The summed E-state index contributed by atoms with van der Waals surface area (Å²) in [5, 5.41) is 5.16. The highest BCUT2D eigenvalue weighted by Gasteiger charge is 2.25. The molecule has 8 nitrogen and oxygen atoms in total. The van der Waals surface area contributed by atoms with Gasteiger partial charge in [-0.15, -0.1) is 0 Å². The Morgan fingerprint density at radius 3 is 2.68 bits per heavy atom. The summed E-state index contributed by atoms with van der Waals surface area (Å²) in [7, 11) is -2.08. The van der Waals surface area contributed by atoms with Crippen molar-refractivity contribution < 1.29 is 17.6 Å². The van der Waals surface area contributed by atoms with Gasteiger partial charge in [-0.1, -0.05) is 6.42 Å². The highest BCUT2D eigenvalue weighted by molar-refractivity contribution is 7.87. The lowest BCUT2D eigenvalue weighted by Gasteiger charge is -2.25. The summed E-state index contributed by atoms with van der Waals surface area (Å²) < 4.78 is 45.3. The van der Waals surface area contributed by atoms with Gasteiger partial charge in [0.1, 0.15) is 11.6 Å². The Morgan fingerprint density at radius 1 is 1.19 bits per heavy atom. The number of amides is 1. The van der Waals surface area contributed by atoms with E-state index in [0.717, 1.165) is 30.2 Å². The third-order valence-electron chi connectivity index (χ3n) is 5.40. The van der Waals surface area contributed by atoms with Gasteiger partial charge in [0.15, 0.2) is 0 Å². The van der Waals surface area contributed by atoms with Crippen LogP contribution in [0.1, 0.15) is 30.5 Å². The van der Waals surface area contributed by atoms with E-state index >= 15 is 0 Å². The molecule has 2 aromatic heterocycles. The number of hydrogen-bond donors (Lipinski definition) is 1. The number of nitrogens with zero attached hydrogens (tertiary/aromatic N) is 4. The van der Waals surface area contributed by atoms with E-state index in [2.05, 4.69) is 9.82 Å². The van der Waals surface area contributed by atoms with Crippen molar-refractivity contribution in [1.29, 1.82) is 0 Å². The quantitative estimate of drug-likeness (QED) is 0.612. The summed E-state index contributed by atoms with van der Waals surface area (Å²) in [5.41, 5.74) is 2.12. The Labute approximate surface area is 180 Å². The third-order valence-corrected chi connectivity index (χ3v) is 6.91.